The first kappa shape index (κ1) is 18.8. The van der Waals surface area contributed by atoms with E-state index in [9.17, 15) is 4.79 Å². The van der Waals surface area contributed by atoms with Gasteiger partial charge in [-0.1, -0.05) is 12.1 Å². The number of benzene rings is 2. The molecule has 0 radical (unpaired) electrons. The van der Waals surface area contributed by atoms with Gasteiger partial charge >= 0.3 is 0 Å². The molecule has 0 fully saturated rings. The summed E-state index contributed by atoms with van der Waals surface area (Å²) >= 11 is 8.15. The molecule has 5 aromatic rings. The van der Waals surface area contributed by atoms with Crippen molar-refractivity contribution in [1.82, 2.24) is 4.57 Å². The first-order valence-electron chi connectivity index (χ1n) is 8.59. The summed E-state index contributed by atoms with van der Waals surface area (Å²) < 4.78 is 4.61. The maximum atomic E-state index is 13.4. The van der Waals surface area contributed by atoms with E-state index in [0.29, 0.717) is 0 Å². The number of aromatic nitrogens is 1. The zero-order valence-electron chi connectivity index (χ0n) is 14.7. The zero-order valence-corrected chi connectivity index (χ0v) is 20.6. The number of nitrogens with zero attached hydrogens (tertiary/aromatic N) is 1. The summed E-state index contributed by atoms with van der Waals surface area (Å²) in [6, 6.07) is 20.9. The molecule has 0 atom stereocenters. The van der Waals surface area contributed by atoms with Gasteiger partial charge in [0.2, 0.25) is 0 Å². The monoisotopic (exact) mass is 625 g/mol. The molecule has 2 nitrogen and oxygen atoms in total. The fourth-order valence-electron chi connectivity index (χ4n) is 3.54. The number of pyridine rings is 1. The van der Waals surface area contributed by atoms with E-state index in [1.54, 1.807) is 22.7 Å². The van der Waals surface area contributed by atoms with Gasteiger partial charge < -0.3 is 4.57 Å². The lowest BCUT2D eigenvalue weighted by Gasteiger charge is -2.12. The van der Waals surface area contributed by atoms with E-state index < -0.39 is 0 Å². The van der Waals surface area contributed by atoms with Gasteiger partial charge in [0.05, 0.1) is 16.8 Å². The molecule has 0 amide bonds. The molecule has 0 unspecified atom stereocenters. The summed E-state index contributed by atoms with van der Waals surface area (Å²) in [5.41, 5.74) is 4.22. The van der Waals surface area contributed by atoms with Gasteiger partial charge in [-0.15, -0.1) is 22.7 Å². The van der Waals surface area contributed by atoms with Crippen LogP contribution in [0.3, 0.4) is 0 Å². The van der Waals surface area contributed by atoms with Crippen molar-refractivity contribution in [2.24, 2.45) is 7.05 Å². The minimum absolute atomic E-state index is 0.101. The molecule has 0 aliphatic heterocycles. The lowest BCUT2D eigenvalue weighted by molar-refractivity contribution is 1.00. The minimum Gasteiger partial charge on any atom is -0.343 e. The summed E-state index contributed by atoms with van der Waals surface area (Å²) in [7, 11) is 2.03. The van der Waals surface area contributed by atoms with E-state index in [-0.39, 0.29) is 5.43 Å². The molecule has 0 saturated carbocycles. The molecule has 3 aromatic heterocycles. The molecule has 0 saturated heterocycles. The fourth-order valence-corrected chi connectivity index (χ4v) is 6.78. The van der Waals surface area contributed by atoms with Crippen LogP contribution in [-0.4, -0.2) is 4.57 Å². The van der Waals surface area contributed by atoms with E-state index in [1.165, 1.54) is 15.5 Å². The number of hydrogen-bond donors (Lipinski definition) is 0. The fraction of sp³-hybridized carbons (Fsp3) is 0.0455. The molecular formula is C22H13I2NOS2. The third-order valence-corrected chi connectivity index (χ3v) is 8.81. The van der Waals surface area contributed by atoms with Crippen LogP contribution in [0.4, 0.5) is 0 Å². The second kappa shape index (κ2) is 7.23. The molecule has 0 aliphatic rings. The van der Waals surface area contributed by atoms with Crippen molar-refractivity contribution in [1.29, 1.82) is 0 Å². The highest BCUT2D eigenvalue weighted by Gasteiger charge is 2.12. The number of rotatable bonds is 2. The number of hydrogen-bond acceptors (Lipinski definition) is 3. The smallest absolute Gasteiger partial charge is 0.197 e. The number of aryl methyl sites for hydroxylation is 1. The van der Waals surface area contributed by atoms with Crippen LogP contribution >= 0.6 is 67.9 Å². The van der Waals surface area contributed by atoms with Gasteiger partial charge in [0.1, 0.15) is 0 Å². The highest BCUT2D eigenvalue weighted by Crippen LogP contribution is 2.33. The molecule has 5 rings (SSSR count). The Morgan fingerprint density at radius 3 is 1.57 bits per heavy atom. The second-order valence-corrected chi connectivity index (χ2v) is 12.5. The topological polar surface area (TPSA) is 22.0 Å². The molecule has 0 N–H and O–H groups in total. The Balaban J connectivity index is 1.79. The zero-order chi connectivity index (χ0) is 19.4. The van der Waals surface area contributed by atoms with Crippen LogP contribution in [0.15, 0.2) is 65.5 Å². The number of fused-ring (bicyclic) bond motifs is 2. The summed E-state index contributed by atoms with van der Waals surface area (Å²) in [5.74, 6) is 0. The first-order valence-corrected chi connectivity index (χ1v) is 12.4. The molecule has 6 heteroatoms. The Kier molecular flexibility index (Phi) is 4.85. The van der Waals surface area contributed by atoms with Crippen LogP contribution in [0.5, 0.6) is 0 Å². The minimum atomic E-state index is 0.101. The molecule has 138 valence electrons. The molecule has 0 bridgehead atoms. The van der Waals surface area contributed by atoms with Gasteiger partial charge in [-0.2, -0.15) is 0 Å². The Morgan fingerprint density at radius 1 is 0.714 bits per heavy atom. The molecule has 2 aromatic carbocycles. The Hall–Kier alpha value is -1.23. The van der Waals surface area contributed by atoms with Gasteiger partial charge in [0.15, 0.2) is 5.43 Å². The van der Waals surface area contributed by atoms with E-state index >= 15 is 0 Å². The standard InChI is InChI=1S/C22H13I2NOS2/c1-25-16-4-2-12(18-6-8-20(23)27-18)10-14(16)22(26)15-11-13(3-5-17(15)25)19-7-9-21(24)28-19/h2-11H,1H3. The third-order valence-electron chi connectivity index (χ3n) is 4.92. The van der Waals surface area contributed by atoms with Gasteiger partial charge in [-0.05, 0) is 105 Å². The van der Waals surface area contributed by atoms with E-state index in [0.717, 1.165) is 32.9 Å². The number of thiophene rings is 2. The maximum Gasteiger partial charge on any atom is 0.197 e. The Labute approximate surface area is 197 Å². The van der Waals surface area contributed by atoms with Gasteiger partial charge in [-0.25, -0.2) is 0 Å². The summed E-state index contributed by atoms with van der Waals surface area (Å²) in [5, 5.41) is 1.54. The van der Waals surface area contributed by atoms with E-state index in [4.69, 9.17) is 0 Å². The predicted octanol–water partition coefficient (Wildman–Crippen LogP) is 7.36. The average Bonchev–Trinajstić information content (AvgIpc) is 3.33. The van der Waals surface area contributed by atoms with Crippen molar-refractivity contribution in [2.75, 3.05) is 0 Å². The highest BCUT2D eigenvalue weighted by atomic mass is 127. The predicted molar refractivity (Wildman–Crippen MR) is 139 cm³/mol. The van der Waals surface area contributed by atoms with Crippen molar-refractivity contribution < 1.29 is 0 Å². The largest absolute Gasteiger partial charge is 0.343 e. The molecule has 28 heavy (non-hydrogen) atoms. The van der Waals surface area contributed by atoms with Crippen LogP contribution < -0.4 is 5.43 Å². The van der Waals surface area contributed by atoms with Gasteiger partial charge in [-0.3, -0.25) is 4.79 Å². The lowest BCUT2D eigenvalue weighted by atomic mass is 10.0. The van der Waals surface area contributed by atoms with Crippen LogP contribution in [0.1, 0.15) is 0 Å². The summed E-state index contributed by atoms with van der Waals surface area (Å²) in [4.78, 5) is 15.8. The first-order chi connectivity index (χ1) is 13.5. The third kappa shape index (κ3) is 3.14. The maximum absolute atomic E-state index is 13.4. The lowest BCUT2D eigenvalue weighted by Crippen LogP contribution is -2.09. The second-order valence-electron chi connectivity index (χ2n) is 6.56. The average molecular weight is 625 g/mol. The van der Waals surface area contributed by atoms with E-state index in [1.807, 2.05) is 19.2 Å². The SMILES string of the molecule is Cn1c2ccc(-c3ccc(I)s3)cc2c(=O)c2cc(-c3ccc(I)s3)ccc21. The van der Waals surface area contributed by atoms with Gasteiger partial charge in [0, 0.05) is 27.6 Å². The quantitative estimate of drug-likeness (QED) is 0.149. The number of halogens is 2. The van der Waals surface area contributed by atoms with Gasteiger partial charge in [0.25, 0.3) is 0 Å². The summed E-state index contributed by atoms with van der Waals surface area (Å²) in [6.45, 7) is 0. The van der Waals surface area contributed by atoms with Crippen LogP contribution in [0.2, 0.25) is 0 Å². The van der Waals surface area contributed by atoms with E-state index in [2.05, 4.69) is 98.3 Å². The highest BCUT2D eigenvalue weighted by molar-refractivity contribution is 14.1. The van der Waals surface area contributed by atoms with Crippen molar-refractivity contribution in [3.05, 3.63) is 76.7 Å². The molecule has 3 heterocycles. The Bertz CT molecular complexity index is 1320. The summed E-state index contributed by atoms with van der Waals surface area (Å²) in [6.07, 6.45) is 0. The molecule has 0 aliphatic carbocycles. The van der Waals surface area contributed by atoms with Crippen LogP contribution in [-0.2, 0) is 7.05 Å². The van der Waals surface area contributed by atoms with Crippen molar-refractivity contribution in [2.45, 2.75) is 0 Å². The van der Waals surface area contributed by atoms with Crippen LogP contribution in [0, 0.1) is 5.77 Å². The van der Waals surface area contributed by atoms with Crippen molar-refractivity contribution in [3.8, 4) is 20.9 Å². The Morgan fingerprint density at radius 2 is 1.18 bits per heavy atom. The molecular weight excluding hydrogens is 612 g/mol. The van der Waals surface area contributed by atoms with Crippen molar-refractivity contribution >= 4 is 89.7 Å². The van der Waals surface area contributed by atoms with Crippen molar-refractivity contribution in [3.63, 3.8) is 0 Å². The molecule has 0 spiro atoms. The normalized spacial score (nSPS) is 11.5. The van der Waals surface area contributed by atoms with Crippen LogP contribution in [0.25, 0.3) is 42.7 Å².